The van der Waals surface area contributed by atoms with E-state index in [1.807, 2.05) is 19.2 Å². The quantitative estimate of drug-likeness (QED) is 0.867. The van der Waals surface area contributed by atoms with Crippen molar-refractivity contribution in [1.82, 2.24) is 10.3 Å². The predicted octanol–water partition coefficient (Wildman–Crippen LogP) is 2.94. The number of nitrogens with one attached hydrogen (secondary N) is 1. The normalized spacial score (nSPS) is 12.9. The minimum Gasteiger partial charge on any atom is -0.472 e. The summed E-state index contributed by atoms with van der Waals surface area (Å²) in [7, 11) is 0. The van der Waals surface area contributed by atoms with E-state index in [4.69, 9.17) is 4.42 Å². The van der Waals surface area contributed by atoms with E-state index in [1.165, 1.54) is 10.4 Å². The van der Waals surface area contributed by atoms with E-state index < -0.39 is 0 Å². The summed E-state index contributed by atoms with van der Waals surface area (Å²) < 4.78 is 5.09. The summed E-state index contributed by atoms with van der Waals surface area (Å²) in [5, 5.41) is 4.60. The van der Waals surface area contributed by atoms with Crippen LogP contribution in [-0.4, -0.2) is 11.5 Å². The molecule has 3 nitrogen and oxygen atoms in total. The summed E-state index contributed by atoms with van der Waals surface area (Å²) in [6, 6.07) is 2.35. The Balaban J connectivity index is 2.11. The van der Waals surface area contributed by atoms with E-state index in [0.717, 1.165) is 18.0 Å². The van der Waals surface area contributed by atoms with Gasteiger partial charge in [-0.1, -0.05) is 6.92 Å². The van der Waals surface area contributed by atoms with Gasteiger partial charge in [0, 0.05) is 17.1 Å². The van der Waals surface area contributed by atoms with Crippen molar-refractivity contribution < 1.29 is 4.42 Å². The zero-order chi connectivity index (χ0) is 11.4. The van der Waals surface area contributed by atoms with E-state index in [0.29, 0.717) is 6.04 Å². The summed E-state index contributed by atoms with van der Waals surface area (Å²) in [4.78, 5) is 5.60. The van der Waals surface area contributed by atoms with Crippen molar-refractivity contribution in [2.45, 2.75) is 26.3 Å². The molecule has 0 saturated carbocycles. The van der Waals surface area contributed by atoms with Crippen molar-refractivity contribution in [3.63, 3.8) is 0 Å². The molecular weight excluding hydrogens is 220 g/mol. The highest BCUT2D eigenvalue weighted by Crippen LogP contribution is 2.23. The van der Waals surface area contributed by atoms with E-state index in [2.05, 4.69) is 17.2 Å². The summed E-state index contributed by atoms with van der Waals surface area (Å²) in [5.74, 6) is 0. The smallest absolute Gasteiger partial charge is 0.0935 e. The molecule has 0 fully saturated rings. The first-order valence-electron chi connectivity index (χ1n) is 5.46. The van der Waals surface area contributed by atoms with Crippen molar-refractivity contribution >= 4 is 11.3 Å². The fourth-order valence-electron chi connectivity index (χ4n) is 1.70. The van der Waals surface area contributed by atoms with Crippen LogP contribution in [0.5, 0.6) is 0 Å². The van der Waals surface area contributed by atoms with E-state index in [9.17, 15) is 0 Å². The summed E-state index contributed by atoms with van der Waals surface area (Å²) in [6.07, 6.45) is 6.44. The molecule has 2 aromatic rings. The zero-order valence-electron chi connectivity index (χ0n) is 9.56. The van der Waals surface area contributed by atoms with E-state index in [1.54, 1.807) is 23.9 Å². The first-order valence-corrected chi connectivity index (χ1v) is 6.28. The Morgan fingerprint density at radius 2 is 2.44 bits per heavy atom. The molecule has 0 aliphatic carbocycles. The number of hydrogen-bond acceptors (Lipinski definition) is 4. The molecule has 2 aromatic heterocycles. The van der Waals surface area contributed by atoms with Gasteiger partial charge in [0.2, 0.25) is 0 Å². The van der Waals surface area contributed by atoms with Crippen molar-refractivity contribution in [1.29, 1.82) is 0 Å². The number of rotatable bonds is 5. The van der Waals surface area contributed by atoms with Crippen molar-refractivity contribution in [3.8, 4) is 0 Å². The van der Waals surface area contributed by atoms with Crippen LogP contribution >= 0.6 is 11.3 Å². The van der Waals surface area contributed by atoms with Crippen LogP contribution in [0.1, 0.15) is 28.4 Å². The lowest BCUT2D eigenvalue weighted by Gasteiger charge is -2.14. The lowest BCUT2D eigenvalue weighted by Crippen LogP contribution is -2.21. The molecule has 16 heavy (non-hydrogen) atoms. The van der Waals surface area contributed by atoms with Gasteiger partial charge in [-0.15, -0.1) is 11.3 Å². The molecule has 0 spiro atoms. The first-order chi connectivity index (χ1) is 7.79. The van der Waals surface area contributed by atoms with Crippen LogP contribution in [-0.2, 0) is 6.42 Å². The van der Waals surface area contributed by atoms with Crippen LogP contribution in [0.3, 0.4) is 0 Å². The van der Waals surface area contributed by atoms with Crippen LogP contribution in [0.2, 0.25) is 0 Å². The molecule has 1 N–H and O–H groups in total. The second-order valence-corrected chi connectivity index (χ2v) is 4.99. The number of nitrogens with zero attached hydrogens (tertiary/aromatic N) is 1. The topological polar surface area (TPSA) is 38.1 Å². The van der Waals surface area contributed by atoms with Crippen LogP contribution in [0, 0.1) is 6.92 Å². The summed E-state index contributed by atoms with van der Waals surface area (Å²) >= 11 is 1.75. The lowest BCUT2D eigenvalue weighted by atomic mass is 10.1. The van der Waals surface area contributed by atoms with Gasteiger partial charge < -0.3 is 9.73 Å². The second kappa shape index (κ2) is 5.27. The van der Waals surface area contributed by atoms with Crippen LogP contribution in [0.25, 0.3) is 0 Å². The molecule has 2 rings (SSSR count). The van der Waals surface area contributed by atoms with Crippen LogP contribution in [0.4, 0.5) is 0 Å². The Morgan fingerprint density at radius 3 is 3.00 bits per heavy atom. The van der Waals surface area contributed by atoms with Gasteiger partial charge in [-0.25, -0.2) is 4.98 Å². The highest BCUT2D eigenvalue weighted by Gasteiger charge is 2.14. The number of likely N-dealkylation sites (N-methyl/N-ethyl adjacent to an activating group) is 1. The van der Waals surface area contributed by atoms with Gasteiger partial charge in [-0.2, -0.15) is 0 Å². The minimum absolute atomic E-state index is 0.341. The maximum Gasteiger partial charge on any atom is 0.0935 e. The van der Waals surface area contributed by atoms with Gasteiger partial charge in [0.25, 0.3) is 0 Å². The molecular formula is C12H16N2OS. The molecule has 4 heteroatoms. The standard InChI is InChI=1S/C12H16N2OS/c1-3-13-11(6-10-4-5-15-8-10)12-7-14-9(2)16-12/h4-5,7-8,11,13H,3,6H2,1-2H3. The third-order valence-corrected chi connectivity index (χ3v) is 3.48. The highest BCUT2D eigenvalue weighted by atomic mass is 32.1. The molecule has 86 valence electrons. The molecule has 0 aliphatic rings. The Labute approximate surface area is 99.5 Å². The third-order valence-electron chi connectivity index (χ3n) is 2.45. The molecule has 0 amide bonds. The molecule has 0 radical (unpaired) electrons. The van der Waals surface area contributed by atoms with Crippen molar-refractivity contribution in [2.75, 3.05) is 6.54 Å². The number of thiazole rings is 1. The lowest BCUT2D eigenvalue weighted by molar-refractivity contribution is 0.539. The maximum atomic E-state index is 5.09. The van der Waals surface area contributed by atoms with Crippen LogP contribution < -0.4 is 5.32 Å². The molecule has 0 bridgehead atoms. The van der Waals surface area contributed by atoms with Gasteiger partial charge in [0.15, 0.2) is 0 Å². The average Bonchev–Trinajstić information content (AvgIpc) is 2.88. The number of furan rings is 1. The molecule has 0 aliphatic heterocycles. The first kappa shape index (κ1) is 11.4. The fourth-order valence-corrected chi connectivity index (χ4v) is 2.56. The SMILES string of the molecule is CCNC(Cc1ccoc1)c1cnc(C)s1. The highest BCUT2D eigenvalue weighted by molar-refractivity contribution is 7.11. The zero-order valence-corrected chi connectivity index (χ0v) is 10.4. The number of aromatic nitrogens is 1. The van der Waals surface area contributed by atoms with Gasteiger partial charge in [0.1, 0.15) is 0 Å². The van der Waals surface area contributed by atoms with Gasteiger partial charge in [-0.05, 0) is 31.5 Å². The van der Waals surface area contributed by atoms with Crippen molar-refractivity contribution in [3.05, 3.63) is 40.2 Å². The fraction of sp³-hybridized carbons (Fsp3) is 0.417. The molecule has 0 saturated heterocycles. The van der Waals surface area contributed by atoms with Crippen molar-refractivity contribution in [2.24, 2.45) is 0 Å². The Morgan fingerprint density at radius 1 is 1.56 bits per heavy atom. The Bertz CT molecular complexity index is 422. The number of hydrogen-bond donors (Lipinski definition) is 1. The van der Waals surface area contributed by atoms with Crippen LogP contribution in [0.15, 0.2) is 29.2 Å². The molecule has 2 heterocycles. The second-order valence-electron chi connectivity index (χ2n) is 3.73. The molecule has 0 aromatic carbocycles. The maximum absolute atomic E-state index is 5.09. The minimum atomic E-state index is 0.341. The molecule has 1 unspecified atom stereocenters. The van der Waals surface area contributed by atoms with Gasteiger partial charge in [0.05, 0.1) is 17.5 Å². The van der Waals surface area contributed by atoms with E-state index in [-0.39, 0.29) is 0 Å². The Kier molecular flexibility index (Phi) is 3.74. The van der Waals surface area contributed by atoms with Gasteiger partial charge in [-0.3, -0.25) is 0 Å². The average molecular weight is 236 g/mol. The number of aryl methyl sites for hydroxylation is 1. The summed E-state index contributed by atoms with van der Waals surface area (Å²) in [6.45, 7) is 5.12. The predicted molar refractivity (Wildman–Crippen MR) is 65.7 cm³/mol. The summed E-state index contributed by atoms with van der Waals surface area (Å²) in [5.41, 5.74) is 1.22. The Hall–Kier alpha value is -1.13. The van der Waals surface area contributed by atoms with Gasteiger partial charge >= 0.3 is 0 Å². The van der Waals surface area contributed by atoms with E-state index >= 15 is 0 Å². The monoisotopic (exact) mass is 236 g/mol. The largest absolute Gasteiger partial charge is 0.472 e. The third kappa shape index (κ3) is 2.71. The molecule has 1 atom stereocenters.